The fourth-order valence-electron chi connectivity index (χ4n) is 10.9. The number of nitrogens with zero attached hydrogens (tertiary/aromatic N) is 12. The van der Waals surface area contributed by atoms with E-state index in [-0.39, 0.29) is 72.4 Å². The number of aliphatic hydroxyl groups excluding tert-OH is 1. The van der Waals surface area contributed by atoms with E-state index in [0.29, 0.717) is 0 Å². The number of nitrogens with two attached hydrogens (primary N) is 5. The molecular weight excluding hydrogens is 1490 g/mol. The van der Waals surface area contributed by atoms with Gasteiger partial charge in [0.05, 0.1) is 63.8 Å². The topological polar surface area (TPSA) is 561 Å². The van der Waals surface area contributed by atoms with Gasteiger partial charge >= 0.3 is 56.9 Å². The van der Waals surface area contributed by atoms with Crippen molar-refractivity contribution in [3.8, 4) is 0 Å². The molecule has 0 amide bonds. The van der Waals surface area contributed by atoms with Gasteiger partial charge in [-0.25, -0.2) is 34.1 Å². The highest BCUT2D eigenvalue weighted by molar-refractivity contribution is 8.39. The van der Waals surface area contributed by atoms with Crippen LogP contribution in [0.1, 0.15) is 63.2 Å². The Labute approximate surface area is 571 Å². The average Bonchev–Trinajstić information content (AvgIpc) is 1.65. The van der Waals surface area contributed by atoms with Crippen molar-refractivity contribution in [3.05, 3.63) is 104 Å². The van der Waals surface area contributed by atoms with Crippen LogP contribution in [-0.2, 0) is 116 Å². The van der Waals surface area contributed by atoms with Gasteiger partial charge in [0, 0.05) is 56.9 Å². The number of rotatable bonds is 28. The molecule has 41 nitrogen and oxygen atoms in total. The standard InChI is InChI=1S/C46H60N17O24P5S5/c47-31-1-5-59(43(65)55-31)35-9-21(83-88(69)93)27(79-35)15-74-90(71,95)85-23-11-37(61-7-3-33(49)57-45(61)67)81-29(23)17-76-92(73,97)87-25-13-39(63-20-54-40-41(51)52-19-53-42(40)63)82-30(25)18-77-91(72,96)86-24-12-38(62-8-4-34(50)58-46(62)68)80-28(24)16-75-89(70,94)84-22-10-36(78-26(22)14-64)60-6-2-32(48)56-44(60)66/h1-8,19-30,35-39,64H,9-18H2,(H14-,47,48,49,50,51,52,53,55,56,57,58,65,66,67,68,69,70,71,72,73,93,94,95,96,97)/p+1. The Morgan fingerprint density at radius 1 is 0.485 bits per heavy atom. The van der Waals surface area contributed by atoms with Gasteiger partial charge in [-0.3, -0.25) is 22.8 Å². The number of hydrogen-bond donors (Lipinski definition) is 11. The van der Waals surface area contributed by atoms with Crippen LogP contribution in [0.5, 0.6) is 0 Å². The zero-order valence-electron chi connectivity index (χ0n) is 49.6. The van der Waals surface area contributed by atoms with Crippen LogP contribution in [0.15, 0.2) is 80.9 Å². The molecule has 20 atom stereocenters. The van der Waals surface area contributed by atoms with Crippen LogP contribution in [-0.4, -0.2) is 176 Å². The van der Waals surface area contributed by atoms with E-state index in [9.17, 15) is 48.4 Å². The van der Waals surface area contributed by atoms with Gasteiger partial charge in [-0.15, -0.1) is 4.52 Å². The van der Waals surface area contributed by atoms with Gasteiger partial charge in [0.1, 0.15) is 115 Å². The summed E-state index contributed by atoms with van der Waals surface area (Å²) in [6.07, 6.45) is -10.7. The van der Waals surface area contributed by atoms with Crippen molar-refractivity contribution in [2.45, 2.75) is 124 Å². The average molecular weight is 1550 g/mol. The number of aliphatic hydroxyl groups is 1. The molecule has 0 bridgehead atoms. The summed E-state index contributed by atoms with van der Waals surface area (Å²) in [5, 5.41) is 10.2. The lowest BCUT2D eigenvalue weighted by Crippen LogP contribution is -2.32. The van der Waals surface area contributed by atoms with Crippen LogP contribution in [0.4, 0.5) is 29.1 Å². The lowest BCUT2D eigenvalue weighted by atomic mass is 10.2. The molecular formula is C46H61N17O24P5S5+. The minimum atomic E-state index is -4.53. The molecule has 528 valence electrons. The van der Waals surface area contributed by atoms with Crippen molar-refractivity contribution in [1.82, 2.24) is 57.7 Å². The molecule has 6 aromatic heterocycles. The minimum absolute atomic E-state index is 0.0340. The number of thiol groups is 1. The molecule has 0 aromatic carbocycles. The molecule has 0 saturated carbocycles. The molecule has 0 aliphatic carbocycles. The number of anilines is 5. The summed E-state index contributed by atoms with van der Waals surface area (Å²) in [5.41, 5.74) is 26.2. The highest BCUT2D eigenvalue weighted by Crippen LogP contribution is 2.55. The Morgan fingerprint density at radius 2 is 0.784 bits per heavy atom. The third-order valence-corrected chi connectivity index (χ3v) is 22.4. The smallest absolute Gasteiger partial charge is 0.394 e. The van der Waals surface area contributed by atoms with E-state index in [2.05, 4.69) is 47.1 Å². The number of nitrogen functional groups attached to an aromatic ring is 5. The first kappa shape index (κ1) is 73.6. The summed E-state index contributed by atoms with van der Waals surface area (Å²) in [5.74, 6) is -0.264. The van der Waals surface area contributed by atoms with E-state index in [1.54, 1.807) is 0 Å². The van der Waals surface area contributed by atoms with Crippen LogP contribution >= 0.6 is 46.4 Å². The van der Waals surface area contributed by atoms with Crippen molar-refractivity contribution in [1.29, 1.82) is 0 Å². The first-order valence-corrected chi connectivity index (χ1v) is 41.2. The van der Waals surface area contributed by atoms with Gasteiger partial charge in [-0.05, 0) is 76.1 Å². The Balaban J connectivity index is 0.780. The number of imidazole rings is 1. The largest absolute Gasteiger partial charge is 0.582 e. The summed E-state index contributed by atoms with van der Waals surface area (Å²) in [6, 6.07) is 5.36. The fraction of sp³-hybridized carbons (Fsp3) is 0.543. The Kier molecular flexibility index (Phi) is 23.1. The number of ether oxygens (including phenoxy) is 5. The highest BCUT2D eigenvalue weighted by atomic mass is 32.7. The van der Waals surface area contributed by atoms with Crippen molar-refractivity contribution in [3.63, 3.8) is 0 Å². The van der Waals surface area contributed by atoms with E-state index in [1.807, 2.05) is 0 Å². The number of fused-ring (bicyclic) bond motifs is 1. The van der Waals surface area contributed by atoms with Crippen LogP contribution in [0.3, 0.4) is 0 Å². The lowest BCUT2D eigenvalue weighted by molar-refractivity contribution is -0.0569. The normalized spacial score (nSPS) is 30.1. The molecule has 20 unspecified atom stereocenters. The molecule has 6 aromatic rings. The number of hydrogen-bond acceptors (Lipinski definition) is 36. The molecule has 5 aliphatic heterocycles. The molecule has 15 N–H and O–H groups in total. The van der Waals surface area contributed by atoms with Crippen LogP contribution in [0, 0.1) is 0 Å². The monoisotopic (exact) mass is 1550 g/mol. The van der Waals surface area contributed by atoms with Crippen molar-refractivity contribution < 1.29 is 93.6 Å². The molecule has 97 heavy (non-hydrogen) atoms. The first-order chi connectivity index (χ1) is 45.9. The molecule has 0 radical (unpaired) electrons. The van der Waals surface area contributed by atoms with E-state index >= 15 is 0 Å². The van der Waals surface area contributed by atoms with Crippen LogP contribution < -0.4 is 51.4 Å². The van der Waals surface area contributed by atoms with Crippen LogP contribution in [0.25, 0.3) is 11.2 Å². The first-order valence-electron chi connectivity index (χ1n) is 28.5. The third kappa shape index (κ3) is 18.2. The zero-order valence-corrected chi connectivity index (χ0v) is 58.2. The minimum Gasteiger partial charge on any atom is -0.394 e. The maximum atomic E-state index is 13.1. The zero-order chi connectivity index (χ0) is 69.5. The van der Waals surface area contributed by atoms with E-state index in [1.165, 1.54) is 66.3 Å². The van der Waals surface area contributed by atoms with E-state index in [0.717, 1.165) is 18.3 Å². The summed E-state index contributed by atoms with van der Waals surface area (Å²) in [7, 11) is -2.52. The quantitative estimate of drug-likeness (QED) is 0.0221. The van der Waals surface area contributed by atoms with Gasteiger partial charge in [0.25, 0.3) is 0 Å². The molecule has 51 heteroatoms. The van der Waals surface area contributed by atoms with Crippen LogP contribution in [0.2, 0.25) is 0 Å². The Morgan fingerprint density at radius 3 is 1.10 bits per heavy atom. The van der Waals surface area contributed by atoms with Gasteiger partial charge in [0.2, 0.25) is 0 Å². The second-order valence-corrected chi connectivity index (χ2v) is 34.6. The fourth-order valence-corrected chi connectivity index (χ4v) is 17.6. The third-order valence-electron chi connectivity index (χ3n) is 15.3. The molecule has 11 heterocycles. The summed E-state index contributed by atoms with van der Waals surface area (Å²) in [6.45, 7) is -20.9. The predicted molar refractivity (Wildman–Crippen MR) is 352 cm³/mol. The predicted octanol–water partition coefficient (Wildman–Crippen LogP) is -0.358. The molecule has 5 fully saturated rings. The molecule has 11 rings (SSSR count). The highest BCUT2D eigenvalue weighted by Gasteiger charge is 2.49. The van der Waals surface area contributed by atoms with Crippen molar-refractivity contribution in [2.24, 2.45) is 0 Å². The van der Waals surface area contributed by atoms with Gasteiger partial charge in [0.15, 0.2) is 11.5 Å². The van der Waals surface area contributed by atoms with Gasteiger partial charge in [-0.2, -0.15) is 19.9 Å². The Hall–Kier alpha value is -4.64. The summed E-state index contributed by atoms with van der Waals surface area (Å²) < 4.78 is 102. The second-order valence-electron chi connectivity index (χ2n) is 21.8. The Bertz CT molecular complexity index is 4360. The van der Waals surface area contributed by atoms with Gasteiger partial charge in [-0.1, -0.05) is 0 Å². The lowest BCUT2D eigenvalue weighted by Gasteiger charge is -2.28. The van der Waals surface area contributed by atoms with Crippen molar-refractivity contribution >= 4 is 134 Å². The molecule has 5 aliphatic rings. The molecule has 0 spiro atoms. The summed E-state index contributed by atoms with van der Waals surface area (Å²) >= 11 is 25.8. The SMILES string of the molecule is Nc1ccn(C2CC(O[P+](=O)S)C(COP(O)(=S)OC3CC(n4ccc(N)nc4=O)OC3COP(O)(=S)OC3CC(n4cnc5c(N)ncnc54)OC3COP(O)(=S)OC3CC(n4ccc(N)nc4=O)OC3COP(O)(=S)OC3CC(n4ccc(N)nc4=O)OC3CO)O2)c(=O)n1. The second kappa shape index (κ2) is 30.5. The maximum absolute atomic E-state index is 13.1. The number of aromatic nitrogens is 12. The molecule has 5 saturated heterocycles. The van der Waals surface area contributed by atoms with Crippen molar-refractivity contribution in [2.75, 3.05) is 61.7 Å². The maximum Gasteiger partial charge on any atom is 0.582 e. The summed E-state index contributed by atoms with van der Waals surface area (Å²) in [4.78, 5) is 126. The van der Waals surface area contributed by atoms with Gasteiger partial charge < -0.3 is 113 Å². The van der Waals surface area contributed by atoms with E-state index < -0.39 is 182 Å². The van der Waals surface area contributed by atoms with E-state index in [4.69, 9.17) is 140 Å².